The number of amides is 1. The zero-order chi connectivity index (χ0) is 20.6. The molecule has 1 saturated heterocycles. The van der Waals surface area contributed by atoms with Crippen molar-refractivity contribution in [1.29, 1.82) is 0 Å². The van der Waals surface area contributed by atoms with Crippen molar-refractivity contribution in [3.05, 3.63) is 35.6 Å². The number of nitrogens with zero attached hydrogens (tertiary/aromatic N) is 4. The Bertz CT molecular complexity index is 696. The maximum Gasteiger partial charge on any atom is 0.225 e. The molecule has 2 aliphatic rings. The van der Waals surface area contributed by atoms with Crippen LogP contribution >= 0.6 is 0 Å². The molecule has 0 bridgehead atoms. The molecule has 0 spiro atoms. The van der Waals surface area contributed by atoms with Crippen molar-refractivity contribution in [2.45, 2.75) is 32.2 Å². The van der Waals surface area contributed by atoms with Gasteiger partial charge in [-0.25, -0.2) is 4.39 Å². The van der Waals surface area contributed by atoms with Gasteiger partial charge in [-0.2, -0.15) is 0 Å². The average molecular weight is 404 g/mol. The lowest BCUT2D eigenvalue weighted by molar-refractivity contribution is -0.137. The quantitative estimate of drug-likeness (QED) is 0.584. The number of hydrogen-bond acceptors (Lipinski definition) is 3. The van der Waals surface area contributed by atoms with Crippen LogP contribution in [0.4, 0.5) is 4.39 Å². The number of nitrogens with one attached hydrogen (secondary N) is 1. The molecule has 0 atom stereocenters. The van der Waals surface area contributed by atoms with Gasteiger partial charge in [0.2, 0.25) is 5.91 Å². The molecule has 1 aromatic rings. The van der Waals surface area contributed by atoms with Crippen molar-refractivity contribution in [2.24, 2.45) is 10.9 Å². The number of halogens is 1. The van der Waals surface area contributed by atoms with E-state index in [1.807, 2.05) is 18.0 Å². The standard InChI is InChI=1S/C22H34FN5O/c1-24-22(26(2)17-18-6-5-9-20(23)16-18)25-10-11-27-12-14-28(15-13-27)21(29)19-7-3-4-8-19/h5-6,9,16,19H,3-4,7-8,10-15,17H2,1-2H3,(H,24,25). The van der Waals surface area contributed by atoms with E-state index in [9.17, 15) is 9.18 Å². The van der Waals surface area contributed by atoms with E-state index >= 15 is 0 Å². The van der Waals surface area contributed by atoms with Gasteiger partial charge in [0.25, 0.3) is 0 Å². The van der Waals surface area contributed by atoms with Gasteiger partial charge >= 0.3 is 0 Å². The first-order chi connectivity index (χ1) is 14.1. The summed E-state index contributed by atoms with van der Waals surface area (Å²) in [4.78, 5) is 23.3. The Morgan fingerprint density at radius 3 is 2.62 bits per heavy atom. The molecule has 6 nitrogen and oxygen atoms in total. The third-order valence-electron chi connectivity index (χ3n) is 5.98. The molecule has 7 heteroatoms. The minimum Gasteiger partial charge on any atom is -0.355 e. The van der Waals surface area contributed by atoms with Crippen LogP contribution in [0.2, 0.25) is 0 Å². The summed E-state index contributed by atoms with van der Waals surface area (Å²) in [5.74, 6) is 1.23. The number of aliphatic imine (C=N–C) groups is 1. The molecule has 0 unspecified atom stereocenters. The Balaban J connectivity index is 1.37. The molecule has 1 N–H and O–H groups in total. The van der Waals surface area contributed by atoms with Gasteiger partial charge in [-0.05, 0) is 30.5 Å². The van der Waals surface area contributed by atoms with Crippen LogP contribution in [0.3, 0.4) is 0 Å². The highest BCUT2D eigenvalue weighted by atomic mass is 19.1. The number of carbonyl (C=O) groups is 1. The number of hydrogen-bond donors (Lipinski definition) is 1. The molecular weight excluding hydrogens is 369 g/mol. The topological polar surface area (TPSA) is 51.2 Å². The highest BCUT2D eigenvalue weighted by molar-refractivity contribution is 5.80. The SMILES string of the molecule is CN=C(NCCN1CCN(C(=O)C2CCCC2)CC1)N(C)Cc1cccc(F)c1. The molecule has 1 amide bonds. The van der Waals surface area contributed by atoms with Crippen molar-refractivity contribution < 1.29 is 9.18 Å². The molecule has 1 heterocycles. The Labute approximate surface area is 173 Å². The Hall–Kier alpha value is -2.15. The van der Waals surface area contributed by atoms with Crippen LogP contribution in [-0.4, -0.2) is 79.9 Å². The van der Waals surface area contributed by atoms with Crippen molar-refractivity contribution >= 4 is 11.9 Å². The first-order valence-corrected chi connectivity index (χ1v) is 10.7. The number of benzene rings is 1. The second kappa shape index (κ2) is 10.6. The molecule has 0 aromatic heterocycles. The molecule has 1 aliphatic carbocycles. The Kier molecular flexibility index (Phi) is 7.86. The van der Waals surface area contributed by atoms with Gasteiger partial charge in [0.05, 0.1) is 0 Å². The number of carbonyl (C=O) groups excluding carboxylic acids is 1. The minimum absolute atomic E-state index is 0.218. The van der Waals surface area contributed by atoms with Gasteiger partial charge < -0.3 is 15.1 Å². The number of rotatable bonds is 6. The molecular formula is C22H34FN5O. The van der Waals surface area contributed by atoms with Crippen molar-refractivity contribution in [3.8, 4) is 0 Å². The van der Waals surface area contributed by atoms with Crippen molar-refractivity contribution in [3.63, 3.8) is 0 Å². The summed E-state index contributed by atoms with van der Waals surface area (Å²) in [5, 5.41) is 3.39. The van der Waals surface area contributed by atoms with E-state index < -0.39 is 0 Å². The van der Waals surface area contributed by atoms with Gasteiger partial charge in [0.1, 0.15) is 5.82 Å². The molecule has 1 aliphatic heterocycles. The predicted octanol–water partition coefficient (Wildman–Crippen LogP) is 2.17. The van der Waals surface area contributed by atoms with Crippen LogP contribution in [0.1, 0.15) is 31.2 Å². The molecule has 0 radical (unpaired) electrons. The normalized spacial score (nSPS) is 18.9. The molecule has 29 heavy (non-hydrogen) atoms. The summed E-state index contributed by atoms with van der Waals surface area (Å²) in [6, 6.07) is 6.65. The zero-order valence-electron chi connectivity index (χ0n) is 17.7. The maximum atomic E-state index is 13.4. The minimum atomic E-state index is -0.218. The average Bonchev–Trinajstić information content (AvgIpc) is 3.26. The van der Waals surface area contributed by atoms with Crippen LogP contribution in [-0.2, 0) is 11.3 Å². The van der Waals surface area contributed by atoms with Gasteiger partial charge in [0, 0.05) is 65.8 Å². The van der Waals surface area contributed by atoms with E-state index in [2.05, 4.69) is 20.1 Å². The molecule has 2 fully saturated rings. The van der Waals surface area contributed by atoms with Gasteiger partial charge in [-0.15, -0.1) is 0 Å². The third-order valence-corrected chi connectivity index (χ3v) is 5.98. The monoisotopic (exact) mass is 403 g/mol. The summed E-state index contributed by atoms with van der Waals surface area (Å²) < 4.78 is 13.4. The predicted molar refractivity (Wildman–Crippen MR) is 114 cm³/mol. The van der Waals surface area contributed by atoms with E-state index in [0.717, 1.165) is 63.6 Å². The van der Waals surface area contributed by atoms with Crippen LogP contribution in [0, 0.1) is 11.7 Å². The summed E-state index contributed by atoms with van der Waals surface area (Å²) >= 11 is 0. The molecule has 1 aromatic carbocycles. The lowest BCUT2D eigenvalue weighted by atomic mass is 10.1. The lowest BCUT2D eigenvalue weighted by Crippen LogP contribution is -2.51. The Morgan fingerprint density at radius 1 is 1.24 bits per heavy atom. The fraction of sp³-hybridized carbons (Fsp3) is 0.636. The summed E-state index contributed by atoms with van der Waals surface area (Å²) in [6.45, 7) is 5.83. The first-order valence-electron chi connectivity index (χ1n) is 10.7. The first kappa shape index (κ1) is 21.6. The Morgan fingerprint density at radius 2 is 1.97 bits per heavy atom. The maximum absolute atomic E-state index is 13.4. The largest absolute Gasteiger partial charge is 0.355 e. The fourth-order valence-electron chi connectivity index (χ4n) is 4.32. The molecule has 3 rings (SSSR count). The van der Waals surface area contributed by atoms with E-state index in [1.165, 1.54) is 18.9 Å². The van der Waals surface area contributed by atoms with Crippen molar-refractivity contribution in [2.75, 3.05) is 53.4 Å². The van der Waals surface area contributed by atoms with Crippen LogP contribution in [0.5, 0.6) is 0 Å². The molecule has 160 valence electrons. The van der Waals surface area contributed by atoms with Gasteiger partial charge in [-0.1, -0.05) is 25.0 Å². The summed E-state index contributed by atoms with van der Waals surface area (Å²) in [5.41, 5.74) is 0.915. The van der Waals surface area contributed by atoms with Crippen LogP contribution < -0.4 is 5.32 Å². The number of guanidine groups is 1. The van der Waals surface area contributed by atoms with Gasteiger partial charge in [-0.3, -0.25) is 14.7 Å². The number of piperazine rings is 1. The van der Waals surface area contributed by atoms with E-state index in [0.29, 0.717) is 12.5 Å². The highest BCUT2D eigenvalue weighted by Crippen LogP contribution is 2.26. The fourth-order valence-corrected chi connectivity index (χ4v) is 4.32. The second-order valence-corrected chi connectivity index (χ2v) is 8.11. The third kappa shape index (κ3) is 6.16. The van der Waals surface area contributed by atoms with E-state index in [-0.39, 0.29) is 11.7 Å². The van der Waals surface area contributed by atoms with E-state index in [4.69, 9.17) is 0 Å². The lowest BCUT2D eigenvalue weighted by Gasteiger charge is -2.36. The van der Waals surface area contributed by atoms with E-state index in [1.54, 1.807) is 19.2 Å². The zero-order valence-corrected chi connectivity index (χ0v) is 17.7. The second-order valence-electron chi connectivity index (χ2n) is 8.11. The smallest absolute Gasteiger partial charge is 0.225 e. The summed E-state index contributed by atoms with van der Waals surface area (Å²) in [6.07, 6.45) is 4.56. The highest BCUT2D eigenvalue weighted by Gasteiger charge is 2.29. The summed E-state index contributed by atoms with van der Waals surface area (Å²) in [7, 11) is 3.71. The van der Waals surface area contributed by atoms with Crippen molar-refractivity contribution in [1.82, 2.24) is 20.0 Å². The van der Waals surface area contributed by atoms with Crippen LogP contribution in [0.25, 0.3) is 0 Å². The molecule has 1 saturated carbocycles. The van der Waals surface area contributed by atoms with Gasteiger partial charge in [0.15, 0.2) is 5.96 Å². The van der Waals surface area contributed by atoms with Crippen LogP contribution in [0.15, 0.2) is 29.3 Å².